The first kappa shape index (κ1) is 22.2. The molecule has 28 heavy (non-hydrogen) atoms. The number of carbonyl (C=O) groups excluding carboxylic acids is 1. The fraction of sp³-hybridized carbons (Fsp3) is 0.350. The molecule has 0 aromatic heterocycles. The Morgan fingerprint density at radius 1 is 1.14 bits per heavy atom. The second-order valence-corrected chi connectivity index (χ2v) is 8.69. The van der Waals surface area contributed by atoms with E-state index in [9.17, 15) is 13.2 Å². The molecule has 0 radical (unpaired) electrons. The number of benzene rings is 2. The average Bonchev–Trinajstić information content (AvgIpc) is 2.66. The molecule has 0 aliphatic rings. The maximum absolute atomic E-state index is 12.5. The molecule has 0 bridgehead atoms. The van der Waals surface area contributed by atoms with Crippen molar-refractivity contribution in [2.24, 2.45) is 0 Å². The van der Waals surface area contributed by atoms with Crippen LogP contribution in [0.15, 0.2) is 48.5 Å². The lowest BCUT2D eigenvalue weighted by Gasteiger charge is -2.17. The van der Waals surface area contributed by atoms with Gasteiger partial charge < -0.3 is 10.1 Å². The first-order valence-electron chi connectivity index (χ1n) is 9.01. The van der Waals surface area contributed by atoms with Crippen LogP contribution >= 0.6 is 11.6 Å². The van der Waals surface area contributed by atoms with E-state index in [1.54, 1.807) is 43.3 Å². The van der Waals surface area contributed by atoms with Crippen molar-refractivity contribution in [1.29, 1.82) is 0 Å². The Morgan fingerprint density at radius 3 is 2.46 bits per heavy atom. The summed E-state index contributed by atoms with van der Waals surface area (Å²) in [6.45, 7) is 3.25. The van der Waals surface area contributed by atoms with E-state index >= 15 is 0 Å². The van der Waals surface area contributed by atoms with Gasteiger partial charge in [0, 0.05) is 24.7 Å². The highest BCUT2D eigenvalue weighted by molar-refractivity contribution is 7.88. The molecule has 0 saturated carbocycles. The minimum Gasteiger partial charge on any atom is -0.488 e. The van der Waals surface area contributed by atoms with Crippen molar-refractivity contribution in [1.82, 2.24) is 9.62 Å². The number of carbonyl (C=O) groups is 1. The third-order valence-electron chi connectivity index (χ3n) is 4.13. The van der Waals surface area contributed by atoms with E-state index in [4.69, 9.17) is 16.3 Å². The number of rotatable bonds is 10. The number of para-hydroxylation sites is 1. The fourth-order valence-corrected chi connectivity index (χ4v) is 3.69. The third-order valence-corrected chi connectivity index (χ3v) is 5.76. The Hall–Kier alpha value is -2.09. The van der Waals surface area contributed by atoms with Crippen molar-refractivity contribution < 1.29 is 17.9 Å². The van der Waals surface area contributed by atoms with Crippen LogP contribution in [0, 0.1) is 0 Å². The summed E-state index contributed by atoms with van der Waals surface area (Å²) in [5.41, 5.74) is 1.38. The molecule has 6 nitrogen and oxygen atoms in total. The molecule has 0 heterocycles. The zero-order chi connectivity index (χ0) is 20.6. The summed E-state index contributed by atoms with van der Waals surface area (Å²) in [6, 6.07) is 14.3. The Labute approximate surface area is 171 Å². The van der Waals surface area contributed by atoms with Crippen LogP contribution in [0.5, 0.6) is 5.75 Å². The van der Waals surface area contributed by atoms with Gasteiger partial charge in [-0.15, -0.1) is 0 Å². The van der Waals surface area contributed by atoms with E-state index in [0.29, 0.717) is 49.0 Å². The van der Waals surface area contributed by atoms with E-state index in [1.165, 1.54) is 10.6 Å². The van der Waals surface area contributed by atoms with Crippen LogP contribution in [0.1, 0.15) is 29.3 Å². The van der Waals surface area contributed by atoms with Gasteiger partial charge in [-0.2, -0.15) is 0 Å². The lowest BCUT2D eigenvalue weighted by molar-refractivity contribution is 0.0948. The highest BCUT2D eigenvalue weighted by Crippen LogP contribution is 2.20. The van der Waals surface area contributed by atoms with E-state index in [-0.39, 0.29) is 5.91 Å². The summed E-state index contributed by atoms with van der Waals surface area (Å²) in [5.74, 6) is 0.232. The van der Waals surface area contributed by atoms with Crippen molar-refractivity contribution >= 4 is 27.5 Å². The third kappa shape index (κ3) is 6.82. The quantitative estimate of drug-likeness (QED) is 0.593. The van der Waals surface area contributed by atoms with Crippen LogP contribution in [0.3, 0.4) is 0 Å². The number of hydrogen-bond donors (Lipinski definition) is 1. The van der Waals surface area contributed by atoms with Crippen molar-refractivity contribution in [2.75, 3.05) is 25.9 Å². The molecule has 8 heteroatoms. The van der Waals surface area contributed by atoms with E-state index in [1.807, 2.05) is 12.1 Å². The number of hydrogen-bond acceptors (Lipinski definition) is 4. The normalized spacial score (nSPS) is 11.4. The molecule has 1 N–H and O–H groups in total. The Bertz CT molecular complexity index is 885. The zero-order valence-electron chi connectivity index (χ0n) is 16.0. The topological polar surface area (TPSA) is 75.7 Å². The predicted molar refractivity (Wildman–Crippen MR) is 111 cm³/mol. The standard InChI is InChI=1S/C20H25ClN2O4S/c1-3-23(28(2,25)26)14-6-13-22-20(24)18-7-4-5-8-19(18)27-15-16-9-11-17(21)12-10-16/h4-5,7-12H,3,6,13-15H2,1-2H3,(H,22,24). The van der Waals surface area contributed by atoms with Crippen LogP contribution in [0.25, 0.3) is 0 Å². The average molecular weight is 425 g/mol. The summed E-state index contributed by atoms with van der Waals surface area (Å²) < 4.78 is 30.3. The predicted octanol–water partition coefficient (Wildman–Crippen LogP) is 3.32. The minimum absolute atomic E-state index is 0.255. The van der Waals surface area contributed by atoms with Gasteiger partial charge in [0.05, 0.1) is 11.8 Å². The Balaban J connectivity index is 1.90. The second-order valence-electron chi connectivity index (χ2n) is 6.28. The number of amides is 1. The Kier molecular flexibility index (Phi) is 8.29. The molecular weight excluding hydrogens is 400 g/mol. The largest absolute Gasteiger partial charge is 0.488 e. The maximum atomic E-state index is 12.5. The van der Waals surface area contributed by atoms with Crippen LogP contribution in [-0.4, -0.2) is 44.5 Å². The van der Waals surface area contributed by atoms with Gasteiger partial charge in [-0.3, -0.25) is 4.79 Å². The van der Waals surface area contributed by atoms with Crippen molar-refractivity contribution in [3.63, 3.8) is 0 Å². The van der Waals surface area contributed by atoms with Crippen molar-refractivity contribution in [3.05, 3.63) is 64.7 Å². The highest BCUT2D eigenvalue weighted by Gasteiger charge is 2.15. The van der Waals surface area contributed by atoms with Crippen LogP contribution in [0.4, 0.5) is 0 Å². The first-order chi connectivity index (χ1) is 13.3. The SMILES string of the molecule is CCN(CCCNC(=O)c1ccccc1OCc1ccc(Cl)cc1)S(C)(=O)=O. The van der Waals surface area contributed by atoms with Crippen LogP contribution in [0.2, 0.25) is 5.02 Å². The second kappa shape index (κ2) is 10.5. The van der Waals surface area contributed by atoms with Gasteiger partial charge in [-0.25, -0.2) is 12.7 Å². The van der Waals surface area contributed by atoms with Gasteiger partial charge in [0.2, 0.25) is 10.0 Å². The molecule has 152 valence electrons. The number of sulfonamides is 1. The summed E-state index contributed by atoms with van der Waals surface area (Å²) in [6.07, 6.45) is 1.71. The lowest BCUT2D eigenvalue weighted by Crippen LogP contribution is -2.33. The molecule has 2 rings (SSSR count). The molecular formula is C20H25ClN2O4S. The highest BCUT2D eigenvalue weighted by atomic mass is 35.5. The molecule has 0 saturated heterocycles. The minimum atomic E-state index is -3.22. The van der Waals surface area contributed by atoms with Gasteiger partial charge in [-0.05, 0) is 36.2 Å². The van der Waals surface area contributed by atoms with Gasteiger partial charge in [0.25, 0.3) is 5.91 Å². The molecule has 2 aromatic rings. The van der Waals surface area contributed by atoms with Crippen molar-refractivity contribution in [3.8, 4) is 5.75 Å². The summed E-state index contributed by atoms with van der Waals surface area (Å²) in [4.78, 5) is 12.5. The van der Waals surface area contributed by atoms with E-state index < -0.39 is 10.0 Å². The van der Waals surface area contributed by atoms with E-state index in [2.05, 4.69) is 5.32 Å². The Morgan fingerprint density at radius 2 is 1.82 bits per heavy atom. The number of halogens is 1. The zero-order valence-corrected chi connectivity index (χ0v) is 17.6. The summed E-state index contributed by atoms with van der Waals surface area (Å²) in [5, 5.41) is 3.47. The molecule has 0 fully saturated rings. The van der Waals surface area contributed by atoms with Gasteiger partial charge >= 0.3 is 0 Å². The summed E-state index contributed by atoms with van der Waals surface area (Å²) in [7, 11) is -3.22. The van der Waals surface area contributed by atoms with Crippen molar-refractivity contribution in [2.45, 2.75) is 20.0 Å². The molecule has 0 atom stereocenters. The van der Waals surface area contributed by atoms with E-state index in [0.717, 1.165) is 5.56 Å². The monoisotopic (exact) mass is 424 g/mol. The molecule has 0 aliphatic carbocycles. The smallest absolute Gasteiger partial charge is 0.255 e. The fourth-order valence-electron chi connectivity index (χ4n) is 2.63. The van der Waals surface area contributed by atoms with Crippen LogP contribution < -0.4 is 10.1 Å². The number of ether oxygens (including phenoxy) is 1. The van der Waals surface area contributed by atoms with Gasteiger partial charge in [-0.1, -0.05) is 42.8 Å². The summed E-state index contributed by atoms with van der Waals surface area (Å²) >= 11 is 5.88. The molecule has 0 unspecified atom stereocenters. The maximum Gasteiger partial charge on any atom is 0.255 e. The molecule has 0 aliphatic heterocycles. The number of nitrogens with one attached hydrogen (secondary N) is 1. The molecule has 0 spiro atoms. The van der Waals surface area contributed by atoms with Crippen LogP contribution in [-0.2, 0) is 16.6 Å². The molecule has 1 amide bonds. The molecule has 2 aromatic carbocycles. The lowest BCUT2D eigenvalue weighted by atomic mass is 10.2. The first-order valence-corrected chi connectivity index (χ1v) is 11.2. The van der Waals surface area contributed by atoms with Gasteiger partial charge in [0.15, 0.2) is 0 Å². The number of nitrogens with zero attached hydrogens (tertiary/aromatic N) is 1. The van der Waals surface area contributed by atoms with Gasteiger partial charge in [0.1, 0.15) is 12.4 Å².